The molecule has 1 aromatic carbocycles. The number of ether oxygens (including phenoxy) is 1. The summed E-state index contributed by atoms with van der Waals surface area (Å²) in [6, 6.07) is 7.36. The van der Waals surface area contributed by atoms with Gasteiger partial charge < -0.3 is 9.72 Å². The van der Waals surface area contributed by atoms with Crippen molar-refractivity contribution in [1.29, 1.82) is 0 Å². The summed E-state index contributed by atoms with van der Waals surface area (Å²) in [4.78, 5) is 17.3. The van der Waals surface area contributed by atoms with E-state index in [1.54, 1.807) is 13.2 Å². The second kappa shape index (κ2) is 6.57. The van der Waals surface area contributed by atoms with Crippen LogP contribution in [-0.2, 0) is 16.4 Å². The quantitative estimate of drug-likeness (QED) is 0.885. The van der Waals surface area contributed by atoms with Crippen molar-refractivity contribution in [3.05, 3.63) is 40.2 Å². The minimum Gasteiger partial charge on any atom is -0.497 e. The van der Waals surface area contributed by atoms with Crippen molar-refractivity contribution in [3.8, 4) is 5.75 Å². The molecule has 1 N–H and O–H groups in total. The number of sulfone groups is 1. The summed E-state index contributed by atoms with van der Waals surface area (Å²) in [5.74, 6) is 1.15. The van der Waals surface area contributed by atoms with E-state index in [0.717, 1.165) is 16.7 Å². The van der Waals surface area contributed by atoms with Gasteiger partial charge in [-0.15, -0.1) is 0 Å². The molecule has 0 spiro atoms. The van der Waals surface area contributed by atoms with Crippen molar-refractivity contribution in [3.63, 3.8) is 0 Å². The lowest BCUT2D eigenvalue weighted by molar-refractivity contribution is 0.214. The summed E-state index contributed by atoms with van der Waals surface area (Å²) < 4.78 is 28.7. The van der Waals surface area contributed by atoms with Crippen molar-refractivity contribution in [1.82, 2.24) is 9.88 Å². The smallest absolute Gasteiger partial charge is 0.252 e. The molecular formula is C17H22N2O4S. The maximum atomic E-state index is 12.3. The van der Waals surface area contributed by atoms with Crippen molar-refractivity contribution >= 4 is 20.7 Å². The molecule has 130 valence electrons. The van der Waals surface area contributed by atoms with Crippen molar-refractivity contribution in [2.45, 2.75) is 25.9 Å². The van der Waals surface area contributed by atoms with Crippen molar-refractivity contribution < 1.29 is 13.2 Å². The van der Waals surface area contributed by atoms with Gasteiger partial charge in [-0.1, -0.05) is 6.92 Å². The number of fused-ring (bicyclic) bond motifs is 1. The monoisotopic (exact) mass is 350 g/mol. The van der Waals surface area contributed by atoms with Gasteiger partial charge in [-0.3, -0.25) is 9.69 Å². The highest BCUT2D eigenvalue weighted by Crippen LogP contribution is 2.22. The molecule has 0 radical (unpaired) electrons. The number of benzene rings is 1. The first-order valence-electron chi connectivity index (χ1n) is 8.06. The van der Waals surface area contributed by atoms with Crippen LogP contribution in [0.3, 0.4) is 0 Å². The molecule has 0 unspecified atom stereocenters. The number of rotatable bonds is 5. The zero-order valence-electron chi connectivity index (χ0n) is 13.9. The lowest BCUT2D eigenvalue weighted by Crippen LogP contribution is -2.37. The molecule has 7 heteroatoms. The highest BCUT2D eigenvalue weighted by atomic mass is 32.2. The van der Waals surface area contributed by atoms with Crippen LogP contribution in [0.15, 0.2) is 29.1 Å². The Balaban J connectivity index is 1.90. The largest absolute Gasteiger partial charge is 0.497 e. The van der Waals surface area contributed by atoms with E-state index < -0.39 is 9.84 Å². The van der Waals surface area contributed by atoms with Gasteiger partial charge in [-0.05, 0) is 37.2 Å². The van der Waals surface area contributed by atoms with Crippen LogP contribution in [0, 0.1) is 0 Å². The Morgan fingerprint density at radius 3 is 2.75 bits per heavy atom. The van der Waals surface area contributed by atoms with E-state index in [-0.39, 0.29) is 23.1 Å². The molecule has 0 saturated carbocycles. The fraction of sp³-hybridized carbons (Fsp3) is 0.471. The Morgan fingerprint density at radius 1 is 1.33 bits per heavy atom. The average Bonchev–Trinajstić information content (AvgIpc) is 2.92. The third-order valence-corrected chi connectivity index (χ3v) is 6.38. The normalized spacial score (nSPS) is 19.9. The van der Waals surface area contributed by atoms with E-state index in [2.05, 4.69) is 9.88 Å². The molecule has 6 nitrogen and oxygen atoms in total. The molecule has 0 aliphatic carbocycles. The van der Waals surface area contributed by atoms with Crippen LogP contribution in [-0.4, -0.2) is 49.5 Å². The van der Waals surface area contributed by atoms with E-state index in [1.807, 2.05) is 25.1 Å². The zero-order valence-corrected chi connectivity index (χ0v) is 14.7. The molecule has 3 rings (SSSR count). The maximum absolute atomic E-state index is 12.3. The molecule has 2 heterocycles. The number of aromatic nitrogens is 1. The molecular weight excluding hydrogens is 328 g/mol. The number of aromatic amines is 1. The van der Waals surface area contributed by atoms with Gasteiger partial charge >= 0.3 is 0 Å². The molecule has 1 atom stereocenters. The minimum atomic E-state index is -2.94. The lowest BCUT2D eigenvalue weighted by Gasteiger charge is -2.26. The predicted molar refractivity (Wildman–Crippen MR) is 94.3 cm³/mol. The molecule has 1 saturated heterocycles. The second-order valence-corrected chi connectivity index (χ2v) is 8.43. The summed E-state index contributed by atoms with van der Waals surface area (Å²) >= 11 is 0. The Bertz CT molecular complexity index is 904. The minimum absolute atomic E-state index is 0.0135. The van der Waals surface area contributed by atoms with Gasteiger partial charge in [-0.2, -0.15) is 0 Å². The number of hydrogen-bond donors (Lipinski definition) is 1. The highest BCUT2D eigenvalue weighted by molar-refractivity contribution is 7.91. The van der Waals surface area contributed by atoms with Gasteiger partial charge in [-0.25, -0.2) is 8.42 Å². The fourth-order valence-electron chi connectivity index (χ4n) is 3.26. The van der Waals surface area contributed by atoms with E-state index in [1.165, 1.54) is 0 Å². The van der Waals surface area contributed by atoms with Crippen LogP contribution in [0.4, 0.5) is 0 Å². The summed E-state index contributed by atoms with van der Waals surface area (Å²) in [5.41, 5.74) is 1.27. The van der Waals surface area contributed by atoms with Crippen LogP contribution in [0.25, 0.3) is 10.9 Å². The highest BCUT2D eigenvalue weighted by Gasteiger charge is 2.31. The van der Waals surface area contributed by atoms with E-state index in [0.29, 0.717) is 25.1 Å². The SMILES string of the molecule is CCN(Cc1cc2cc(OC)ccc2[nH]c1=O)[C@H]1CCS(=O)(=O)C1. The van der Waals surface area contributed by atoms with Crippen LogP contribution >= 0.6 is 0 Å². The number of H-pyrrole nitrogens is 1. The molecule has 24 heavy (non-hydrogen) atoms. The van der Waals surface area contributed by atoms with Gasteiger partial charge in [0.1, 0.15) is 5.75 Å². The lowest BCUT2D eigenvalue weighted by atomic mass is 10.1. The first-order chi connectivity index (χ1) is 11.4. The Kier molecular flexibility index (Phi) is 4.64. The first-order valence-corrected chi connectivity index (χ1v) is 9.88. The molecule has 2 aromatic rings. The number of methoxy groups -OCH3 is 1. The Labute approximate surface area is 141 Å². The molecule has 1 aliphatic rings. The van der Waals surface area contributed by atoms with E-state index in [9.17, 15) is 13.2 Å². The Morgan fingerprint density at radius 2 is 2.12 bits per heavy atom. The molecule has 1 aliphatic heterocycles. The average molecular weight is 350 g/mol. The van der Waals surface area contributed by atoms with Crippen LogP contribution in [0.5, 0.6) is 5.75 Å². The van der Waals surface area contributed by atoms with Crippen LogP contribution in [0.2, 0.25) is 0 Å². The molecule has 1 fully saturated rings. The summed E-state index contributed by atoms with van der Waals surface area (Å²) in [5, 5.41) is 0.902. The van der Waals surface area contributed by atoms with Crippen LogP contribution < -0.4 is 10.3 Å². The van der Waals surface area contributed by atoms with Crippen LogP contribution in [0.1, 0.15) is 18.9 Å². The first kappa shape index (κ1) is 17.0. The topological polar surface area (TPSA) is 79.5 Å². The number of hydrogen-bond acceptors (Lipinski definition) is 5. The maximum Gasteiger partial charge on any atom is 0.252 e. The Hall–Kier alpha value is -1.86. The number of nitrogens with one attached hydrogen (secondary N) is 1. The van der Waals surface area contributed by atoms with Crippen molar-refractivity contribution in [2.75, 3.05) is 25.2 Å². The van der Waals surface area contributed by atoms with E-state index in [4.69, 9.17) is 4.74 Å². The van der Waals surface area contributed by atoms with Gasteiger partial charge in [0, 0.05) is 29.1 Å². The zero-order chi connectivity index (χ0) is 17.3. The fourth-order valence-corrected chi connectivity index (χ4v) is 5.02. The third kappa shape index (κ3) is 3.47. The van der Waals surface area contributed by atoms with E-state index >= 15 is 0 Å². The predicted octanol–water partition coefficient (Wildman–Crippen LogP) is 1.55. The van der Waals surface area contributed by atoms with Gasteiger partial charge in [0.05, 0.1) is 18.6 Å². The number of nitrogens with zero attached hydrogens (tertiary/aromatic N) is 1. The van der Waals surface area contributed by atoms with Gasteiger partial charge in [0.15, 0.2) is 9.84 Å². The van der Waals surface area contributed by atoms with Gasteiger partial charge in [0.25, 0.3) is 5.56 Å². The summed E-state index contributed by atoms with van der Waals surface area (Å²) in [6.45, 7) is 3.14. The molecule has 1 aromatic heterocycles. The summed E-state index contributed by atoms with van der Waals surface area (Å²) in [7, 11) is -1.34. The molecule has 0 amide bonds. The van der Waals surface area contributed by atoms with Crippen molar-refractivity contribution in [2.24, 2.45) is 0 Å². The third-order valence-electron chi connectivity index (χ3n) is 4.63. The summed E-state index contributed by atoms with van der Waals surface area (Å²) in [6.07, 6.45) is 0.634. The van der Waals surface area contributed by atoms with Gasteiger partial charge in [0.2, 0.25) is 0 Å². The number of pyridine rings is 1. The second-order valence-electron chi connectivity index (χ2n) is 6.20. The standard InChI is InChI=1S/C17H22N2O4S/c1-3-19(14-6-7-24(21,22)11-14)10-13-8-12-9-15(23-2)4-5-16(12)18-17(13)20/h4-5,8-9,14H,3,6-7,10-11H2,1-2H3,(H,18,20)/t14-/m0/s1. The molecule has 0 bridgehead atoms.